The molecule has 1 aliphatic rings. The summed E-state index contributed by atoms with van der Waals surface area (Å²) < 4.78 is 57.5. The van der Waals surface area contributed by atoms with Crippen molar-refractivity contribution in [1.82, 2.24) is 5.43 Å². The highest BCUT2D eigenvalue weighted by atomic mass is 32.2. The highest BCUT2D eigenvalue weighted by Gasteiger charge is 2.29. The van der Waals surface area contributed by atoms with Crippen molar-refractivity contribution in [3.8, 4) is 17.2 Å². The molecule has 3 N–H and O–H groups in total. The molecule has 4 rings (SSSR count). The minimum absolute atomic E-state index is 0.0759. The van der Waals surface area contributed by atoms with Gasteiger partial charge in [-0.25, -0.2) is 18.2 Å². The van der Waals surface area contributed by atoms with E-state index in [1.165, 1.54) is 36.5 Å². The van der Waals surface area contributed by atoms with Crippen LogP contribution in [0, 0.1) is 5.82 Å². The first kappa shape index (κ1) is 26.4. The summed E-state index contributed by atoms with van der Waals surface area (Å²) in [6, 6.07) is 15.2. The first-order valence-electron chi connectivity index (χ1n) is 11.2. The van der Waals surface area contributed by atoms with Gasteiger partial charge in [0.05, 0.1) is 16.8 Å². The number of nitrogens with two attached hydrogens (primary N) is 1. The first-order chi connectivity index (χ1) is 18.2. The van der Waals surface area contributed by atoms with Gasteiger partial charge in [-0.1, -0.05) is 0 Å². The van der Waals surface area contributed by atoms with Gasteiger partial charge >= 0.3 is 0 Å². The summed E-state index contributed by atoms with van der Waals surface area (Å²) in [5.41, 5.74) is 7.99. The average molecular weight is 543 g/mol. The summed E-state index contributed by atoms with van der Waals surface area (Å²) in [7, 11) is -4.27. The van der Waals surface area contributed by atoms with E-state index in [0.29, 0.717) is 23.7 Å². The van der Waals surface area contributed by atoms with Gasteiger partial charge in [0.15, 0.2) is 18.1 Å². The van der Waals surface area contributed by atoms with Gasteiger partial charge in [0.1, 0.15) is 31.3 Å². The number of halogens is 1. The highest BCUT2D eigenvalue weighted by Crippen LogP contribution is 2.34. The third-order valence-electron chi connectivity index (χ3n) is 5.17. The number of fused-ring (bicyclic) bond motifs is 1. The second kappa shape index (κ2) is 11.6. The third-order valence-corrected chi connectivity index (χ3v) is 6.94. The lowest BCUT2D eigenvalue weighted by atomic mass is 10.2. The number of rotatable bonds is 10. The summed E-state index contributed by atoms with van der Waals surface area (Å²) in [4.78, 5) is 23.3. The predicted octanol–water partition coefficient (Wildman–Crippen LogP) is 1.81. The Morgan fingerprint density at radius 2 is 1.71 bits per heavy atom. The van der Waals surface area contributed by atoms with Crippen LogP contribution in [0.5, 0.6) is 17.2 Å². The van der Waals surface area contributed by atoms with Gasteiger partial charge in [-0.05, 0) is 66.2 Å². The Balaban J connectivity index is 1.49. The lowest BCUT2D eigenvalue weighted by Crippen LogP contribution is -2.39. The van der Waals surface area contributed by atoms with E-state index in [2.05, 4.69) is 10.5 Å². The van der Waals surface area contributed by atoms with E-state index in [0.717, 1.165) is 16.4 Å². The summed E-state index contributed by atoms with van der Waals surface area (Å²) in [5.74, 6) is -0.827. The number of hydrazone groups is 1. The van der Waals surface area contributed by atoms with Crippen LogP contribution in [0.4, 0.5) is 10.1 Å². The number of carbonyl (C=O) groups excluding carboxylic acids is 2. The van der Waals surface area contributed by atoms with Crippen LogP contribution in [-0.4, -0.2) is 52.8 Å². The zero-order valence-corrected chi connectivity index (χ0v) is 20.7. The number of anilines is 1. The molecule has 1 heterocycles. The Hall–Kier alpha value is -4.65. The van der Waals surface area contributed by atoms with Crippen LogP contribution in [0.3, 0.4) is 0 Å². The minimum atomic E-state index is -4.27. The molecule has 0 aromatic heterocycles. The van der Waals surface area contributed by atoms with E-state index in [1.54, 1.807) is 24.3 Å². The van der Waals surface area contributed by atoms with Crippen LogP contribution in [0.25, 0.3) is 0 Å². The molecule has 1 aliphatic heterocycles. The van der Waals surface area contributed by atoms with Crippen LogP contribution in [0.15, 0.2) is 76.7 Å². The number of nitrogens with zero attached hydrogens (tertiary/aromatic N) is 2. The predicted molar refractivity (Wildman–Crippen MR) is 135 cm³/mol. The van der Waals surface area contributed by atoms with Crippen LogP contribution in [-0.2, 0) is 19.6 Å². The molecule has 13 heteroatoms. The van der Waals surface area contributed by atoms with Crippen molar-refractivity contribution in [3.63, 3.8) is 0 Å². The maximum absolute atomic E-state index is 13.5. The van der Waals surface area contributed by atoms with Crippen LogP contribution in [0.1, 0.15) is 5.56 Å². The van der Waals surface area contributed by atoms with Gasteiger partial charge < -0.3 is 19.9 Å². The topological polar surface area (TPSA) is 150 Å². The molecule has 0 bridgehead atoms. The smallest absolute Gasteiger partial charge is 0.264 e. The number of hydrogen-bond donors (Lipinski definition) is 2. The van der Waals surface area contributed by atoms with Gasteiger partial charge in [0.25, 0.3) is 21.8 Å². The first-order valence-corrected chi connectivity index (χ1v) is 12.7. The molecule has 0 saturated heterocycles. The summed E-state index contributed by atoms with van der Waals surface area (Å²) >= 11 is 0. The number of amides is 2. The lowest BCUT2D eigenvalue weighted by molar-refractivity contribution is -0.120. The Morgan fingerprint density at radius 1 is 1.03 bits per heavy atom. The molecule has 0 atom stereocenters. The van der Waals surface area contributed by atoms with Crippen molar-refractivity contribution >= 4 is 33.7 Å². The number of primary amides is 1. The molecule has 0 saturated carbocycles. The SMILES string of the molecule is NC(=O)COc1ccc(/C=N\NC(=O)CN(c2ccc(F)cc2)S(=O)(=O)c2ccc3c(c2)OCCO3)cc1. The molecular formula is C25H23FN4O7S. The van der Waals surface area contributed by atoms with Gasteiger partial charge in [-0.2, -0.15) is 5.10 Å². The van der Waals surface area contributed by atoms with Crippen LogP contribution < -0.4 is 29.7 Å². The van der Waals surface area contributed by atoms with Crippen molar-refractivity contribution in [2.24, 2.45) is 10.8 Å². The molecule has 0 radical (unpaired) electrons. The maximum Gasteiger partial charge on any atom is 0.264 e. The molecule has 3 aromatic carbocycles. The van der Waals surface area contributed by atoms with Gasteiger partial charge in [0.2, 0.25) is 0 Å². The molecule has 38 heavy (non-hydrogen) atoms. The van der Waals surface area contributed by atoms with Crippen LogP contribution in [0.2, 0.25) is 0 Å². The zero-order chi connectivity index (χ0) is 27.1. The Morgan fingerprint density at radius 3 is 2.39 bits per heavy atom. The number of ether oxygens (including phenoxy) is 3. The van der Waals surface area contributed by atoms with Crippen molar-refractivity contribution in [1.29, 1.82) is 0 Å². The largest absolute Gasteiger partial charge is 0.486 e. The molecule has 11 nitrogen and oxygen atoms in total. The summed E-state index contributed by atoms with van der Waals surface area (Å²) in [5, 5.41) is 3.86. The number of hydrogen-bond acceptors (Lipinski definition) is 8. The Kier molecular flexibility index (Phi) is 8.06. The lowest BCUT2D eigenvalue weighted by Gasteiger charge is -2.25. The van der Waals surface area contributed by atoms with E-state index in [4.69, 9.17) is 19.9 Å². The van der Waals surface area contributed by atoms with Gasteiger partial charge in [-0.3, -0.25) is 13.9 Å². The third kappa shape index (κ3) is 6.56. The van der Waals surface area contributed by atoms with Gasteiger partial charge in [-0.15, -0.1) is 0 Å². The van der Waals surface area contributed by atoms with Gasteiger partial charge in [0, 0.05) is 6.07 Å². The fraction of sp³-hybridized carbons (Fsp3) is 0.160. The molecule has 2 amide bonds. The number of nitrogens with one attached hydrogen (secondary N) is 1. The monoisotopic (exact) mass is 542 g/mol. The second-order valence-corrected chi connectivity index (χ2v) is 9.77. The minimum Gasteiger partial charge on any atom is -0.486 e. The molecule has 0 spiro atoms. The van der Waals surface area contributed by atoms with Crippen molar-refractivity contribution in [2.75, 3.05) is 30.7 Å². The molecule has 0 fully saturated rings. The molecule has 198 valence electrons. The molecular weight excluding hydrogens is 519 g/mol. The van der Waals surface area contributed by atoms with Crippen LogP contribution >= 0.6 is 0 Å². The van der Waals surface area contributed by atoms with E-state index in [1.807, 2.05) is 0 Å². The quantitative estimate of drug-likeness (QED) is 0.293. The number of carbonyl (C=O) groups is 2. The summed E-state index contributed by atoms with van der Waals surface area (Å²) in [6.07, 6.45) is 1.34. The summed E-state index contributed by atoms with van der Waals surface area (Å²) in [6.45, 7) is -0.292. The van der Waals surface area contributed by atoms with Crippen molar-refractivity contribution in [2.45, 2.75) is 4.90 Å². The number of benzene rings is 3. The second-order valence-electron chi connectivity index (χ2n) is 7.91. The van der Waals surface area contributed by atoms with E-state index >= 15 is 0 Å². The van der Waals surface area contributed by atoms with E-state index in [9.17, 15) is 22.4 Å². The Labute approximate surface area is 217 Å². The van der Waals surface area contributed by atoms with Crippen molar-refractivity contribution in [3.05, 3.63) is 78.1 Å². The molecule has 3 aromatic rings. The fourth-order valence-electron chi connectivity index (χ4n) is 3.38. The zero-order valence-electron chi connectivity index (χ0n) is 19.9. The van der Waals surface area contributed by atoms with Crippen molar-refractivity contribution < 1.29 is 36.6 Å². The highest BCUT2D eigenvalue weighted by molar-refractivity contribution is 7.92. The molecule has 0 aliphatic carbocycles. The standard InChI is InChI=1S/C25H23FN4O7S/c26-18-3-5-19(6-4-18)30(38(33,34)21-9-10-22-23(13-21)36-12-11-35-22)15-25(32)29-28-14-17-1-7-20(8-2-17)37-16-24(27)31/h1-10,13-14H,11-12,15-16H2,(H2,27,31)(H,29,32)/b28-14-. The average Bonchev–Trinajstić information content (AvgIpc) is 2.91. The Bertz CT molecular complexity index is 1450. The van der Waals surface area contributed by atoms with E-state index < -0.39 is 34.2 Å². The maximum atomic E-state index is 13.5. The number of sulfonamides is 1. The fourth-order valence-corrected chi connectivity index (χ4v) is 4.82. The normalized spacial score (nSPS) is 12.7. The van der Waals surface area contributed by atoms with E-state index in [-0.39, 0.29) is 29.5 Å². The molecule has 0 unspecified atom stereocenters.